The minimum atomic E-state index is -0.344. The molecule has 3 rings (SSSR count). The van der Waals surface area contributed by atoms with E-state index in [-0.39, 0.29) is 12.0 Å². The molecule has 0 saturated carbocycles. The summed E-state index contributed by atoms with van der Waals surface area (Å²) in [6.07, 6.45) is 5.28. The number of thiophene rings is 1. The first kappa shape index (κ1) is 17.2. The molecular weight excluding hydrogens is 326 g/mol. The second kappa shape index (κ2) is 7.53. The fourth-order valence-corrected chi connectivity index (χ4v) is 4.60. The summed E-state index contributed by atoms with van der Waals surface area (Å²) in [6.45, 7) is 3.17. The van der Waals surface area contributed by atoms with E-state index in [1.54, 1.807) is 11.3 Å². The zero-order valence-electron chi connectivity index (χ0n) is 14.4. The number of piperazine rings is 1. The van der Waals surface area contributed by atoms with Gasteiger partial charge in [-0.1, -0.05) is 6.42 Å². The topological polar surface area (TPSA) is 61.9 Å². The summed E-state index contributed by atoms with van der Waals surface area (Å²) in [5, 5.41) is 3.62. The molecule has 0 unspecified atom stereocenters. The van der Waals surface area contributed by atoms with Crippen LogP contribution in [0.4, 0.5) is 9.80 Å². The van der Waals surface area contributed by atoms with Gasteiger partial charge in [0.15, 0.2) is 0 Å². The van der Waals surface area contributed by atoms with Gasteiger partial charge >= 0.3 is 12.0 Å². The molecule has 0 spiro atoms. The molecule has 1 aromatic rings. The van der Waals surface area contributed by atoms with Crippen molar-refractivity contribution < 1.29 is 14.3 Å². The van der Waals surface area contributed by atoms with E-state index >= 15 is 0 Å². The van der Waals surface area contributed by atoms with E-state index in [0.29, 0.717) is 23.7 Å². The van der Waals surface area contributed by atoms with Crippen LogP contribution in [0.15, 0.2) is 0 Å². The Bertz CT molecular complexity index is 621. The Morgan fingerprint density at radius 3 is 2.50 bits per heavy atom. The maximum absolute atomic E-state index is 12.6. The lowest BCUT2D eigenvalue weighted by molar-refractivity contribution is 0.0601. The van der Waals surface area contributed by atoms with Crippen molar-refractivity contribution in [1.82, 2.24) is 9.80 Å². The number of amides is 2. The molecule has 0 atom stereocenters. The number of nitrogens with zero attached hydrogens (tertiary/aromatic N) is 2. The summed E-state index contributed by atoms with van der Waals surface area (Å²) in [5.41, 5.74) is 1.65. The largest absolute Gasteiger partial charge is 0.465 e. The van der Waals surface area contributed by atoms with Crippen molar-refractivity contribution in [1.29, 1.82) is 0 Å². The number of anilines is 1. The van der Waals surface area contributed by atoms with Crippen LogP contribution in [0.2, 0.25) is 0 Å². The highest BCUT2D eigenvalue weighted by atomic mass is 32.1. The van der Waals surface area contributed by atoms with E-state index < -0.39 is 0 Å². The number of rotatable bonds is 2. The predicted octanol–water partition coefficient (Wildman–Crippen LogP) is 2.58. The number of carbonyl (C=O) groups excluding carboxylic acids is 2. The second-order valence-corrected chi connectivity index (χ2v) is 7.59. The molecule has 2 amide bonds. The number of urea groups is 1. The number of esters is 1. The number of hydrogen-bond donors (Lipinski definition) is 1. The molecule has 1 N–H and O–H groups in total. The van der Waals surface area contributed by atoms with Crippen LogP contribution < -0.4 is 5.32 Å². The third-order valence-corrected chi connectivity index (χ3v) is 6.03. The third kappa shape index (κ3) is 3.57. The van der Waals surface area contributed by atoms with E-state index in [1.807, 2.05) is 4.90 Å². The smallest absolute Gasteiger partial charge is 0.341 e. The average Bonchev–Trinajstić information content (AvgIpc) is 2.76. The van der Waals surface area contributed by atoms with Gasteiger partial charge in [0.05, 0.1) is 12.7 Å². The van der Waals surface area contributed by atoms with E-state index in [1.165, 1.54) is 18.4 Å². The Morgan fingerprint density at radius 2 is 1.79 bits per heavy atom. The number of fused-ring (bicyclic) bond motifs is 1. The molecular formula is C17H25N3O3S. The maximum Gasteiger partial charge on any atom is 0.341 e. The Morgan fingerprint density at radius 1 is 1.08 bits per heavy atom. The Kier molecular flexibility index (Phi) is 5.40. The summed E-state index contributed by atoms with van der Waals surface area (Å²) >= 11 is 1.54. The normalized spacial score (nSPS) is 18.7. The fourth-order valence-electron chi connectivity index (χ4n) is 3.33. The van der Waals surface area contributed by atoms with Gasteiger partial charge in [0, 0.05) is 31.1 Å². The van der Waals surface area contributed by atoms with E-state index in [2.05, 4.69) is 17.3 Å². The minimum absolute atomic E-state index is 0.121. The molecule has 7 heteroatoms. The van der Waals surface area contributed by atoms with Crippen molar-refractivity contribution in [3.63, 3.8) is 0 Å². The monoisotopic (exact) mass is 351 g/mol. The molecule has 2 aliphatic rings. The van der Waals surface area contributed by atoms with Crippen molar-refractivity contribution in [3.8, 4) is 0 Å². The summed E-state index contributed by atoms with van der Waals surface area (Å²) < 4.78 is 4.98. The highest BCUT2D eigenvalue weighted by Gasteiger charge is 2.28. The predicted molar refractivity (Wildman–Crippen MR) is 95.0 cm³/mol. The van der Waals surface area contributed by atoms with Gasteiger partial charge in [0.25, 0.3) is 0 Å². The fraction of sp³-hybridized carbons (Fsp3) is 0.647. The SMILES string of the molecule is COC(=O)c1c(NC(=O)N2CCN(C)CC2)sc2c1CCCCC2. The molecule has 1 aliphatic carbocycles. The van der Waals surface area contributed by atoms with Gasteiger partial charge in [0.1, 0.15) is 5.00 Å². The lowest BCUT2D eigenvalue weighted by atomic mass is 10.1. The number of carbonyl (C=O) groups is 2. The Hall–Kier alpha value is -1.60. The molecule has 2 heterocycles. The summed E-state index contributed by atoms with van der Waals surface area (Å²) in [5.74, 6) is -0.344. The van der Waals surface area contributed by atoms with Crippen molar-refractivity contribution in [2.45, 2.75) is 32.1 Å². The third-order valence-electron chi connectivity index (χ3n) is 4.82. The lowest BCUT2D eigenvalue weighted by Crippen LogP contribution is -2.48. The van der Waals surface area contributed by atoms with Crippen LogP contribution >= 0.6 is 11.3 Å². The number of nitrogens with one attached hydrogen (secondary N) is 1. The van der Waals surface area contributed by atoms with Gasteiger partial charge in [-0.2, -0.15) is 0 Å². The van der Waals surface area contributed by atoms with E-state index in [9.17, 15) is 9.59 Å². The molecule has 1 saturated heterocycles. The maximum atomic E-state index is 12.6. The molecule has 0 bridgehead atoms. The van der Waals surface area contributed by atoms with Crippen LogP contribution in [-0.4, -0.2) is 62.1 Å². The van der Waals surface area contributed by atoms with Crippen molar-refractivity contribution in [2.24, 2.45) is 0 Å². The first-order valence-electron chi connectivity index (χ1n) is 8.57. The van der Waals surface area contributed by atoms with Gasteiger partial charge in [0.2, 0.25) is 0 Å². The Labute approximate surface area is 146 Å². The van der Waals surface area contributed by atoms with Crippen molar-refractivity contribution in [2.75, 3.05) is 45.7 Å². The van der Waals surface area contributed by atoms with E-state index in [4.69, 9.17) is 4.74 Å². The molecule has 1 aromatic heterocycles. The summed E-state index contributed by atoms with van der Waals surface area (Å²) in [7, 11) is 3.45. The van der Waals surface area contributed by atoms with Crippen LogP contribution in [0.5, 0.6) is 0 Å². The van der Waals surface area contributed by atoms with Gasteiger partial charge in [-0.05, 0) is 38.3 Å². The number of ether oxygens (including phenoxy) is 1. The van der Waals surface area contributed by atoms with Crippen LogP contribution in [-0.2, 0) is 17.6 Å². The highest BCUT2D eigenvalue weighted by Crippen LogP contribution is 2.38. The minimum Gasteiger partial charge on any atom is -0.465 e. The zero-order chi connectivity index (χ0) is 17.1. The standard InChI is InChI=1S/C17H25N3O3S/c1-19-8-10-20(11-9-19)17(22)18-15-14(16(21)23-2)12-6-4-3-5-7-13(12)24-15/h3-11H2,1-2H3,(H,18,22). The molecule has 0 radical (unpaired) electrons. The van der Waals surface area contributed by atoms with Crippen molar-refractivity contribution in [3.05, 3.63) is 16.0 Å². The Balaban J connectivity index is 1.82. The van der Waals surface area contributed by atoms with Gasteiger partial charge in [-0.25, -0.2) is 9.59 Å². The number of aryl methyl sites for hydroxylation is 1. The molecule has 1 fully saturated rings. The van der Waals surface area contributed by atoms with E-state index in [0.717, 1.165) is 44.3 Å². The quantitative estimate of drug-likeness (QED) is 0.657. The molecule has 0 aromatic carbocycles. The van der Waals surface area contributed by atoms with Crippen LogP contribution in [0.25, 0.3) is 0 Å². The molecule has 1 aliphatic heterocycles. The number of methoxy groups -OCH3 is 1. The number of likely N-dealkylation sites (N-methyl/N-ethyl adjacent to an activating group) is 1. The zero-order valence-corrected chi connectivity index (χ0v) is 15.2. The first-order valence-corrected chi connectivity index (χ1v) is 9.39. The van der Waals surface area contributed by atoms with Gasteiger partial charge < -0.3 is 14.5 Å². The molecule has 6 nitrogen and oxygen atoms in total. The highest BCUT2D eigenvalue weighted by molar-refractivity contribution is 7.17. The lowest BCUT2D eigenvalue weighted by Gasteiger charge is -2.32. The molecule has 24 heavy (non-hydrogen) atoms. The summed E-state index contributed by atoms with van der Waals surface area (Å²) in [6, 6.07) is -0.121. The first-order chi connectivity index (χ1) is 11.6. The van der Waals surface area contributed by atoms with Gasteiger partial charge in [-0.3, -0.25) is 5.32 Å². The van der Waals surface area contributed by atoms with Crippen LogP contribution in [0.3, 0.4) is 0 Å². The number of hydrogen-bond acceptors (Lipinski definition) is 5. The molecule has 132 valence electrons. The van der Waals surface area contributed by atoms with Gasteiger partial charge in [-0.15, -0.1) is 11.3 Å². The second-order valence-electron chi connectivity index (χ2n) is 6.48. The average molecular weight is 351 g/mol. The summed E-state index contributed by atoms with van der Waals surface area (Å²) in [4.78, 5) is 30.1. The van der Waals surface area contributed by atoms with Crippen molar-refractivity contribution >= 4 is 28.3 Å². The van der Waals surface area contributed by atoms with Crippen LogP contribution in [0.1, 0.15) is 40.1 Å². The van der Waals surface area contributed by atoms with Crippen LogP contribution in [0, 0.1) is 0 Å².